The molecule has 1 saturated heterocycles. The minimum absolute atomic E-state index is 0. The quantitative estimate of drug-likeness (QED) is 0.264. The molecule has 0 saturated carbocycles. The van der Waals surface area contributed by atoms with E-state index in [1.54, 1.807) is 6.08 Å². The lowest BCUT2D eigenvalue weighted by atomic mass is 9.93. The molecule has 1 aliphatic heterocycles. The number of rotatable bonds is 7. The number of piperidine rings is 1. The van der Waals surface area contributed by atoms with Gasteiger partial charge >= 0.3 is 0 Å². The van der Waals surface area contributed by atoms with E-state index >= 15 is 0 Å². The molecule has 2 heterocycles. The lowest BCUT2D eigenvalue weighted by Crippen LogP contribution is -2.49. The highest BCUT2D eigenvalue weighted by atomic mass is 127. The average Bonchev–Trinajstić information content (AvgIpc) is 3.25. The number of hydrogen-bond donors (Lipinski definition) is 1. The van der Waals surface area contributed by atoms with Crippen molar-refractivity contribution >= 4 is 29.9 Å². The molecule has 0 spiro atoms. The maximum absolute atomic E-state index is 5.77. The summed E-state index contributed by atoms with van der Waals surface area (Å²) in [6, 6.07) is 8.47. The average molecular weight is 509 g/mol. The monoisotopic (exact) mass is 509 g/mol. The summed E-state index contributed by atoms with van der Waals surface area (Å²) in [4.78, 5) is 11.5. The second kappa shape index (κ2) is 11.8. The number of halogens is 1. The topological polar surface area (TPSA) is 54.7 Å². The van der Waals surface area contributed by atoms with Gasteiger partial charge in [-0.15, -0.1) is 24.0 Å². The largest absolute Gasteiger partial charge is 0.489 e. The summed E-state index contributed by atoms with van der Waals surface area (Å²) in [6.45, 7) is 12.0. The van der Waals surface area contributed by atoms with Crippen molar-refractivity contribution in [2.24, 2.45) is 10.9 Å². The van der Waals surface area contributed by atoms with Crippen molar-refractivity contribution in [3.63, 3.8) is 0 Å². The highest BCUT2D eigenvalue weighted by Gasteiger charge is 2.28. The highest BCUT2D eigenvalue weighted by Crippen LogP contribution is 2.27. The maximum Gasteiger partial charge on any atom is 0.194 e. The van der Waals surface area contributed by atoms with Crippen LogP contribution in [0.25, 0.3) is 0 Å². The molecule has 158 valence electrons. The van der Waals surface area contributed by atoms with E-state index in [2.05, 4.69) is 52.5 Å². The van der Waals surface area contributed by atoms with Gasteiger partial charge in [-0.05, 0) is 25.3 Å². The zero-order valence-corrected chi connectivity index (χ0v) is 19.7. The number of ether oxygens (including phenoxy) is 1. The first-order valence-corrected chi connectivity index (χ1v) is 10.0. The number of benzene rings is 1. The number of nitrogens with one attached hydrogen (secondary N) is 1. The lowest BCUT2D eigenvalue weighted by molar-refractivity contribution is 0.189. The van der Waals surface area contributed by atoms with Gasteiger partial charge in [-0.25, -0.2) is 9.98 Å². The lowest BCUT2D eigenvalue weighted by Gasteiger charge is -2.39. The Morgan fingerprint density at radius 2 is 2.24 bits per heavy atom. The fourth-order valence-electron chi connectivity index (χ4n) is 3.60. The van der Waals surface area contributed by atoms with Gasteiger partial charge in [0.25, 0.3) is 0 Å². The third-order valence-electron chi connectivity index (χ3n) is 5.19. The Hall–Kier alpha value is -2.03. The van der Waals surface area contributed by atoms with E-state index in [-0.39, 0.29) is 24.0 Å². The molecule has 2 unspecified atom stereocenters. The van der Waals surface area contributed by atoms with Crippen molar-refractivity contribution in [2.45, 2.75) is 32.9 Å². The summed E-state index contributed by atoms with van der Waals surface area (Å²) in [5.74, 6) is 2.44. The van der Waals surface area contributed by atoms with E-state index in [1.807, 2.05) is 30.7 Å². The standard InChI is InChI=1S/C22H31N5O.HI/c1-4-14-28-21-9-7-6-8-19(21)15-25-22(24-5-2)26-12-10-18(3)20(16-26)27-13-11-23-17-27;/h4,6-9,11,13,17-18,20H,1,5,10,12,14-16H2,2-3H3,(H,24,25);1H. The molecule has 7 heteroatoms. The molecule has 6 nitrogen and oxygen atoms in total. The van der Waals surface area contributed by atoms with Crippen LogP contribution < -0.4 is 10.1 Å². The Labute approximate surface area is 191 Å². The van der Waals surface area contributed by atoms with Gasteiger partial charge in [-0.1, -0.05) is 37.8 Å². The van der Waals surface area contributed by atoms with Gasteiger partial charge in [-0.3, -0.25) is 0 Å². The van der Waals surface area contributed by atoms with Crippen LogP contribution in [0, 0.1) is 5.92 Å². The summed E-state index contributed by atoms with van der Waals surface area (Å²) in [5.41, 5.74) is 1.08. The molecule has 0 bridgehead atoms. The van der Waals surface area contributed by atoms with Crippen molar-refractivity contribution in [1.29, 1.82) is 0 Å². The van der Waals surface area contributed by atoms with Crippen LogP contribution in [-0.2, 0) is 6.54 Å². The molecule has 29 heavy (non-hydrogen) atoms. The summed E-state index contributed by atoms with van der Waals surface area (Å²) >= 11 is 0. The van der Waals surface area contributed by atoms with Gasteiger partial charge in [0.05, 0.1) is 18.9 Å². The van der Waals surface area contributed by atoms with Crippen molar-refractivity contribution in [3.8, 4) is 5.75 Å². The smallest absolute Gasteiger partial charge is 0.194 e. The highest BCUT2D eigenvalue weighted by molar-refractivity contribution is 14.0. The van der Waals surface area contributed by atoms with Crippen LogP contribution >= 0.6 is 24.0 Å². The van der Waals surface area contributed by atoms with Gasteiger partial charge in [0, 0.05) is 37.6 Å². The van der Waals surface area contributed by atoms with Crippen LogP contribution in [0.2, 0.25) is 0 Å². The van der Waals surface area contributed by atoms with Gasteiger partial charge in [-0.2, -0.15) is 0 Å². The molecular formula is C22H32IN5O. The third kappa shape index (κ3) is 6.22. The second-order valence-corrected chi connectivity index (χ2v) is 7.17. The van der Waals surface area contributed by atoms with E-state index in [9.17, 15) is 0 Å². The van der Waals surface area contributed by atoms with E-state index in [0.717, 1.165) is 43.3 Å². The molecule has 0 radical (unpaired) electrons. The van der Waals surface area contributed by atoms with E-state index in [0.29, 0.717) is 25.1 Å². The van der Waals surface area contributed by atoms with Crippen LogP contribution in [0.15, 0.2) is 60.6 Å². The van der Waals surface area contributed by atoms with Crippen LogP contribution in [0.1, 0.15) is 31.9 Å². The SMILES string of the molecule is C=CCOc1ccccc1CN=C(NCC)N1CCC(C)C(n2ccnc2)C1.I. The Balaban J connectivity index is 0.00000300. The molecule has 0 amide bonds. The molecule has 1 N–H and O–H groups in total. The van der Waals surface area contributed by atoms with Crippen LogP contribution in [0.4, 0.5) is 0 Å². The molecule has 1 aromatic carbocycles. The molecule has 2 aromatic rings. The van der Waals surface area contributed by atoms with Crippen molar-refractivity contribution in [1.82, 2.24) is 19.8 Å². The molecule has 3 rings (SSSR count). The summed E-state index contributed by atoms with van der Waals surface area (Å²) in [5, 5.41) is 3.46. The Kier molecular flexibility index (Phi) is 9.50. The Morgan fingerprint density at radius 1 is 1.41 bits per heavy atom. The number of imidazole rings is 1. The van der Waals surface area contributed by atoms with Crippen LogP contribution in [0.3, 0.4) is 0 Å². The van der Waals surface area contributed by atoms with E-state index in [4.69, 9.17) is 9.73 Å². The number of likely N-dealkylation sites (tertiary alicyclic amines) is 1. The second-order valence-electron chi connectivity index (χ2n) is 7.17. The minimum atomic E-state index is 0. The fourth-order valence-corrected chi connectivity index (χ4v) is 3.60. The molecular weight excluding hydrogens is 477 g/mol. The summed E-state index contributed by atoms with van der Waals surface area (Å²) in [6.07, 6.45) is 8.72. The normalized spacial score (nSPS) is 19.4. The number of aliphatic imine (C=N–C) groups is 1. The van der Waals surface area contributed by atoms with Gasteiger partial charge in [0.1, 0.15) is 12.4 Å². The number of guanidine groups is 1. The molecule has 0 aliphatic carbocycles. The number of para-hydroxylation sites is 1. The van der Waals surface area contributed by atoms with Gasteiger partial charge < -0.3 is 19.5 Å². The number of nitrogens with zero attached hydrogens (tertiary/aromatic N) is 4. The van der Waals surface area contributed by atoms with Crippen molar-refractivity contribution in [2.75, 3.05) is 26.2 Å². The molecule has 1 aliphatic rings. The number of hydrogen-bond acceptors (Lipinski definition) is 3. The molecule has 2 atom stereocenters. The first-order chi connectivity index (χ1) is 13.7. The predicted molar refractivity (Wildman–Crippen MR) is 129 cm³/mol. The van der Waals surface area contributed by atoms with Gasteiger partial charge in [0.15, 0.2) is 5.96 Å². The van der Waals surface area contributed by atoms with E-state index < -0.39 is 0 Å². The summed E-state index contributed by atoms with van der Waals surface area (Å²) < 4.78 is 7.99. The number of aromatic nitrogens is 2. The van der Waals surface area contributed by atoms with E-state index in [1.165, 1.54) is 0 Å². The molecule has 1 fully saturated rings. The van der Waals surface area contributed by atoms with Crippen molar-refractivity contribution in [3.05, 3.63) is 61.2 Å². The summed E-state index contributed by atoms with van der Waals surface area (Å²) in [7, 11) is 0. The van der Waals surface area contributed by atoms with Crippen LogP contribution in [0.5, 0.6) is 5.75 Å². The predicted octanol–water partition coefficient (Wildman–Crippen LogP) is 4.11. The fraction of sp³-hybridized carbons (Fsp3) is 0.455. The Morgan fingerprint density at radius 3 is 2.97 bits per heavy atom. The van der Waals surface area contributed by atoms with Crippen molar-refractivity contribution < 1.29 is 4.74 Å². The minimum Gasteiger partial charge on any atom is -0.489 e. The first kappa shape index (κ1) is 23.3. The first-order valence-electron chi connectivity index (χ1n) is 10.0. The third-order valence-corrected chi connectivity index (χ3v) is 5.19. The maximum atomic E-state index is 5.77. The Bertz CT molecular complexity index is 777. The van der Waals surface area contributed by atoms with Gasteiger partial charge in [0.2, 0.25) is 0 Å². The zero-order chi connectivity index (χ0) is 19.8. The van der Waals surface area contributed by atoms with Crippen LogP contribution in [-0.4, -0.2) is 46.7 Å². The zero-order valence-electron chi connectivity index (χ0n) is 17.3. The molecule has 1 aromatic heterocycles.